The van der Waals surface area contributed by atoms with Gasteiger partial charge in [0.2, 0.25) is 0 Å². The SMILES string of the molecule is C[C@@H](C(=O)O[C@@H]1C[C@@H](CC(=O)OC(C)(C)C)N(C(=O)OC(C)(C)C)C1)c1cccc(C(=O)c2ccccc2)c1. The van der Waals surface area contributed by atoms with E-state index in [1.54, 1.807) is 97.0 Å². The maximum atomic E-state index is 13.1. The summed E-state index contributed by atoms with van der Waals surface area (Å²) in [6.45, 7) is 12.4. The standard InChI is InChI=1S/C31H39NO7/c1-20(22-14-11-15-23(16-22)27(34)21-12-9-8-10-13-21)28(35)37-25-17-24(18-26(33)38-30(2,3)4)32(19-25)29(36)39-31(5,6)7/h8-16,20,24-25H,17-19H2,1-7H3/t20-,24+,25-/m1/s1. The van der Waals surface area contributed by atoms with Crippen LogP contribution >= 0.6 is 0 Å². The molecule has 8 nitrogen and oxygen atoms in total. The number of hydrogen-bond donors (Lipinski definition) is 0. The first kappa shape index (κ1) is 29.9. The molecular formula is C31H39NO7. The summed E-state index contributed by atoms with van der Waals surface area (Å²) in [5, 5.41) is 0. The molecule has 0 unspecified atom stereocenters. The summed E-state index contributed by atoms with van der Waals surface area (Å²) in [5.74, 6) is -1.70. The van der Waals surface area contributed by atoms with Crippen molar-refractivity contribution in [3.63, 3.8) is 0 Å². The Hall–Kier alpha value is -3.68. The molecule has 0 N–H and O–H groups in total. The van der Waals surface area contributed by atoms with Crippen LogP contribution in [0.5, 0.6) is 0 Å². The highest BCUT2D eigenvalue weighted by Crippen LogP contribution is 2.28. The van der Waals surface area contributed by atoms with E-state index in [1.807, 2.05) is 6.07 Å². The number of likely N-dealkylation sites (tertiary alicyclic amines) is 1. The van der Waals surface area contributed by atoms with Crippen LogP contribution in [0.4, 0.5) is 4.79 Å². The van der Waals surface area contributed by atoms with Gasteiger partial charge in [0.15, 0.2) is 5.78 Å². The second kappa shape index (κ2) is 12.0. The number of nitrogens with zero attached hydrogens (tertiary/aromatic N) is 1. The second-order valence-electron chi connectivity index (χ2n) is 11.9. The van der Waals surface area contributed by atoms with Gasteiger partial charge in [-0.2, -0.15) is 0 Å². The smallest absolute Gasteiger partial charge is 0.410 e. The number of amides is 1. The Labute approximate surface area is 230 Å². The third-order valence-corrected chi connectivity index (χ3v) is 6.15. The van der Waals surface area contributed by atoms with Gasteiger partial charge in [-0.05, 0) is 60.1 Å². The van der Waals surface area contributed by atoms with Crippen LogP contribution in [-0.4, -0.2) is 58.6 Å². The topological polar surface area (TPSA) is 99.2 Å². The molecule has 0 aromatic heterocycles. The second-order valence-corrected chi connectivity index (χ2v) is 11.9. The minimum absolute atomic E-state index is 0.0379. The van der Waals surface area contributed by atoms with Crippen molar-refractivity contribution in [1.29, 1.82) is 0 Å². The van der Waals surface area contributed by atoms with Crippen molar-refractivity contribution < 1.29 is 33.4 Å². The number of carbonyl (C=O) groups excluding carboxylic acids is 4. The number of esters is 2. The number of hydrogen-bond acceptors (Lipinski definition) is 7. The lowest BCUT2D eigenvalue weighted by Crippen LogP contribution is -2.41. The van der Waals surface area contributed by atoms with Crippen LogP contribution in [0.15, 0.2) is 54.6 Å². The van der Waals surface area contributed by atoms with Crippen LogP contribution in [0, 0.1) is 0 Å². The fraction of sp³-hybridized carbons (Fsp3) is 0.484. The highest BCUT2D eigenvalue weighted by Gasteiger charge is 2.41. The Morgan fingerprint density at radius 2 is 1.49 bits per heavy atom. The van der Waals surface area contributed by atoms with E-state index in [1.165, 1.54) is 4.90 Å². The van der Waals surface area contributed by atoms with E-state index in [-0.39, 0.29) is 25.2 Å². The Kier molecular flexibility index (Phi) is 9.20. The molecule has 39 heavy (non-hydrogen) atoms. The zero-order valence-electron chi connectivity index (χ0n) is 23.9. The highest BCUT2D eigenvalue weighted by molar-refractivity contribution is 6.09. The van der Waals surface area contributed by atoms with Crippen molar-refractivity contribution in [3.8, 4) is 0 Å². The summed E-state index contributed by atoms with van der Waals surface area (Å²) in [7, 11) is 0. The lowest BCUT2D eigenvalue weighted by molar-refractivity contribution is -0.155. The molecule has 0 saturated carbocycles. The first-order valence-corrected chi connectivity index (χ1v) is 13.2. The van der Waals surface area contributed by atoms with Crippen molar-refractivity contribution in [1.82, 2.24) is 4.90 Å². The largest absolute Gasteiger partial charge is 0.460 e. The van der Waals surface area contributed by atoms with Gasteiger partial charge in [-0.3, -0.25) is 14.4 Å². The summed E-state index contributed by atoms with van der Waals surface area (Å²) >= 11 is 0. The predicted molar refractivity (Wildman–Crippen MR) is 146 cm³/mol. The van der Waals surface area contributed by atoms with Gasteiger partial charge < -0.3 is 19.1 Å². The molecule has 0 radical (unpaired) electrons. The molecule has 2 aromatic rings. The van der Waals surface area contributed by atoms with Crippen LogP contribution in [0.2, 0.25) is 0 Å². The molecule has 0 aliphatic carbocycles. The predicted octanol–water partition coefficient (Wildman–Crippen LogP) is 5.67. The number of rotatable bonds is 7. The summed E-state index contributed by atoms with van der Waals surface area (Å²) in [4.78, 5) is 52.9. The van der Waals surface area contributed by atoms with Gasteiger partial charge in [0.1, 0.15) is 17.3 Å². The highest BCUT2D eigenvalue weighted by atomic mass is 16.6. The summed E-state index contributed by atoms with van der Waals surface area (Å²) in [6, 6.07) is 15.3. The molecule has 8 heteroatoms. The lowest BCUT2D eigenvalue weighted by atomic mass is 9.95. The Bertz CT molecular complexity index is 1190. The molecule has 0 bridgehead atoms. The summed E-state index contributed by atoms with van der Waals surface area (Å²) < 4.78 is 16.8. The molecule has 2 aromatic carbocycles. The fourth-order valence-electron chi connectivity index (χ4n) is 4.38. The summed E-state index contributed by atoms with van der Waals surface area (Å²) in [5.41, 5.74) is 0.305. The van der Waals surface area contributed by atoms with Gasteiger partial charge in [0.25, 0.3) is 0 Å². The molecule has 1 aliphatic rings. The number of carbonyl (C=O) groups is 4. The van der Waals surface area contributed by atoms with E-state index in [0.29, 0.717) is 16.7 Å². The lowest BCUT2D eigenvalue weighted by Gasteiger charge is -2.28. The van der Waals surface area contributed by atoms with E-state index in [0.717, 1.165) is 0 Å². The molecule has 210 valence electrons. The number of benzene rings is 2. The van der Waals surface area contributed by atoms with Crippen molar-refractivity contribution in [3.05, 3.63) is 71.3 Å². The molecule has 3 rings (SSSR count). The van der Waals surface area contributed by atoms with Crippen molar-refractivity contribution >= 4 is 23.8 Å². The van der Waals surface area contributed by atoms with E-state index in [2.05, 4.69) is 0 Å². The van der Waals surface area contributed by atoms with Gasteiger partial charge in [-0.15, -0.1) is 0 Å². The molecule has 3 atom stereocenters. The average Bonchev–Trinajstić information content (AvgIpc) is 3.23. The maximum Gasteiger partial charge on any atom is 0.410 e. The molecular weight excluding hydrogens is 498 g/mol. The first-order valence-electron chi connectivity index (χ1n) is 13.2. The number of ketones is 1. The van der Waals surface area contributed by atoms with E-state index in [9.17, 15) is 19.2 Å². The third kappa shape index (κ3) is 8.67. The van der Waals surface area contributed by atoms with Gasteiger partial charge in [-0.25, -0.2) is 4.79 Å². The van der Waals surface area contributed by atoms with Gasteiger partial charge in [0, 0.05) is 23.6 Å². The Morgan fingerprint density at radius 3 is 2.10 bits per heavy atom. The van der Waals surface area contributed by atoms with Gasteiger partial charge in [0.05, 0.1) is 18.9 Å². The van der Waals surface area contributed by atoms with Crippen molar-refractivity contribution in [2.75, 3.05) is 6.54 Å². The molecule has 1 aliphatic heterocycles. The zero-order valence-corrected chi connectivity index (χ0v) is 23.9. The van der Waals surface area contributed by atoms with Crippen LogP contribution in [0.1, 0.15) is 88.7 Å². The monoisotopic (exact) mass is 537 g/mol. The van der Waals surface area contributed by atoms with Gasteiger partial charge >= 0.3 is 18.0 Å². The zero-order chi connectivity index (χ0) is 29.0. The van der Waals surface area contributed by atoms with Crippen LogP contribution < -0.4 is 0 Å². The quantitative estimate of drug-likeness (QED) is 0.255. The third-order valence-electron chi connectivity index (χ3n) is 6.15. The molecule has 1 amide bonds. The molecule has 1 fully saturated rings. The van der Waals surface area contributed by atoms with Crippen molar-refractivity contribution in [2.24, 2.45) is 0 Å². The Balaban J connectivity index is 1.71. The maximum absolute atomic E-state index is 13.1. The average molecular weight is 538 g/mol. The van der Waals surface area contributed by atoms with E-state index in [4.69, 9.17) is 14.2 Å². The van der Waals surface area contributed by atoms with E-state index >= 15 is 0 Å². The number of ether oxygens (including phenoxy) is 3. The van der Waals surface area contributed by atoms with Crippen LogP contribution in [0.3, 0.4) is 0 Å². The molecule has 1 saturated heterocycles. The molecule has 1 heterocycles. The minimum Gasteiger partial charge on any atom is -0.460 e. The first-order chi connectivity index (χ1) is 18.1. The molecule has 0 spiro atoms. The van der Waals surface area contributed by atoms with Crippen LogP contribution in [0.25, 0.3) is 0 Å². The normalized spacial score (nSPS) is 18.3. The Morgan fingerprint density at radius 1 is 0.872 bits per heavy atom. The minimum atomic E-state index is -0.723. The fourth-order valence-corrected chi connectivity index (χ4v) is 4.38. The van der Waals surface area contributed by atoms with Crippen molar-refractivity contribution in [2.45, 2.75) is 90.6 Å². The van der Waals surface area contributed by atoms with Gasteiger partial charge in [-0.1, -0.05) is 48.5 Å². The van der Waals surface area contributed by atoms with E-state index < -0.39 is 47.3 Å². The summed E-state index contributed by atoms with van der Waals surface area (Å²) in [6.07, 6.45) is -0.948. The van der Waals surface area contributed by atoms with Crippen LogP contribution in [-0.2, 0) is 23.8 Å².